The number of imidazole rings is 1. The van der Waals surface area contributed by atoms with Crippen molar-refractivity contribution in [2.45, 2.75) is 45.3 Å². The summed E-state index contributed by atoms with van der Waals surface area (Å²) in [6.07, 6.45) is 8.18. The second-order valence-corrected chi connectivity index (χ2v) is 7.41. The third kappa shape index (κ3) is 5.05. The summed E-state index contributed by atoms with van der Waals surface area (Å²) >= 11 is 0. The SMILES string of the molecule is O=C(Cn1c(COc2ccccc2)nc2ccccc21)NCCC1=CCCCC1. The Balaban J connectivity index is 1.42. The van der Waals surface area contributed by atoms with Gasteiger partial charge in [-0.3, -0.25) is 4.79 Å². The molecule has 1 aliphatic rings. The number of nitrogens with zero attached hydrogens (tertiary/aromatic N) is 2. The molecule has 0 atom stereocenters. The summed E-state index contributed by atoms with van der Waals surface area (Å²) in [7, 11) is 0. The second kappa shape index (κ2) is 9.41. The second-order valence-electron chi connectivity index (χ2n) is 7.41. The number of nitrogens with one attached hydrogen (secondary N) is 1. The highest BCUT2D eigenvalue weighted by Crippen LogP contribution is 2.20. The fraction of sp³-hybridized carbons (Fsp3) is 0.333. The van der Waals surface area contributed by atoms with Gasteiger partial charge in [0.1, 0.15) is 24.7 Å². The fourth-order valence-electron chi connectivity index (χ4n) is 3.77. The lowest BCUT2D eigenvalue weighted by Gasteiger charge is -2.14. The number of benzene rings is 2. The molecule has 0 fully saturated rings. The quantitative estimate of drug-likeness (QED) is 0.572. The predicted molar refractivity (Wildman–Crippen MR) is 115 cm³/mol. The van der Waals surface area contributed by atoms with Crippen molar-refractivity contribution in [3.05, 3.63) is 72.1 Å². The monoisotopic (exact) mass is 389 g/mol. The first-order chi connectivity index (χ1) is 14.3. The number of amides is 1. The van der Waals surface area contributed by atoms with Crippen LogP contribution >= 0.6 is 0 Å². The van der Waals surface area contributed by atoms with E-state index in [1.807, 2.05) is 59.2 Å². The van der Waals surface area contributed by atoms with E-state index in [9.17, 15) is 4.79 Å². The molecule has 1 aromatic heterocycles. The van der Waals surface area contributed by atoms with Gasteiger partial charge in [0.05, 0.1) is 11.0 Å². The molecule has 1 aliphatic carbocycles. The third-order valence-electron chi connectivity index (χ3n) is 5.30. The van der Waals surface area contributed by atoms with Crippen molar-refractivity contribution < 1.29 is 9.53 Å². The van der Waals surface area contributed by atoms with Gasteiger partial charge in [-0.1, -0.05) is 42.0 Å². The van der Waals surface area contributed by atoms with Crippen molar-refractivity contribution in [3.63, 3.8) is 0 Å². The highest BCUT2D eigenvalue weighted by molar-refractivity contribution is 5.81. The maximum Gasteiger partial charge on any atom is 0.240 e. The van der Waals surface area contributed by atoms with Crippen LogP contribution in [0, 0.1) is 0 Å². The molecule has 1 N–H and O–H groups in total. The van der Waals surface area contributed by atoms with Gasteiger partial charge in [-0.05, 0) is 56.4 Å². The zero-order chi connectivity index (χ0) is 19.9. The van der Waals surface area contributed by atoms with Crippen molar-refractivity contribution in [2.24, 2.45) is 0 Å². The molecule has 4 rings (SSSR count). The normalized spacial score (nSPS) is 13.9. The van der Waals surface area contributed by atoms with Crippen LogP contribution in [-0.4, -0.2) is 22.0 Å². The first-order valence-electron chi connectivity index (χ1n) is 10.4. The molecule has 150 valence electrons. The van der Waals surface area contributed by atoms with Crippen molar-refractivity contribution in [1.29, 1.82) is 0 Å². The smallest absolute Gasteiger partial charge is 0.240 e. The van der Waals surface area contributed by atoms with Crippen LogP contribution in [0.3, 0.4) is 0 Å². The Morgan fingerprint density at radius 3 is 2.72 bits per heavy atom. The minimum absolute atomic E-state index is 0.00511. The summed E-state index contributed by atoms with van der Waals surface area (Å²) < 4.78 is 7.83. The van der Waals surface area contributed by atoms with E-state index in [1.165, 1.54) is 31.3 Å². The van der Waals surface area contributed by atoms with E-state index in [0.29, 0.717) is 13.2 Å². The van der Waals surface area contributed by atoms with Crippen LogP contribution in [0.15, 0.2) is 66.2 Å². The first kappa shape index (κ1) is 19.2. The maximum absolute atomic E-state index is 12.6. The number of ether oxygens (including phenoxy) is 1. The third-order valence-corrected chi connectivity index (χ3v) is 5.30. The Morgan fingerprint density at radius 2 is 1.90 bits per heavy atom. The molecule has 0 unspecified atom stereocenters. The first-order valence-corrected chi connectivity index (χ1v) is 10.4. The van der Waals surface area contributed by atoms with E-state index < -0.39 is 0 Å². The number of para-hydroxylation sites is 3. The van der Waals surface area contributed by atoms with Crippen LogP contribution in [0.1, 0.15) is 37.9 Å². The van der Waals surface area contributed by atoms with Crippen molar-refractivity contribution in [2.75, 3.05) is 6.54 Å². The number of hydrogen-bond donors (Lipinski definition) is 1. The molecule has 5 nitrogen and oxygen atoms in total. The number of aromatic nitrogens is 2. The summed E-state index contributed by atoms with van der Waals surface area (Å²) in [5.41, 5.74) is 3.30. The molecule has 0 saturated heterocycles. The molecule has 29 heavy (non-hydrogen) atoms. The molecular weight excluding hydrogens is 362 g/mol. The van der Waals surface area contributed by atoms with E-state index in [4.69, 9.17) is 4.74 Å². The minimum atomic E-state index is 0.00511. The summed E-state index contributed by atoms with van der Waals surface area (Å²) in [6, 6.07) is 17.5. The lowest BCUT2D eigenvalue weighted by molar-refractivity contribution is -0.121. The Hall–Kier alpha value is -3.08. The molecule has 0 aliphatic heterocycles. The minimum Gasteiger partial charge on any atom is -0.486 e. The molecule has 0 radical (unpaired) electrons. The number of fused-ring (bicyclic) bond motifs is 1. The van der Waals surface area contributed by atoms with E-state index in [1.54, 1.807) is 0 Å². The molecule has 5 heteroatoms. The number of allylic oxidation sites excluding steroid dienone is 1. The lowest BCUT2D eigenvalue weighted by Crippen LogP contribution is -2.29. The highest BCUT2D eigenvalue weighted by atomic mass is 16.5. The Morgan fingerprint density at radius 1 is 1.07 bits per heavy atom. The maximum atomic E-state index is 12.6. The predicted octanol–water partition coefficient (Wildman–Crippen LogP) is 4.62. The molecular formula is C24H27N3O2. The van der Waals surface area contributed by atoms with E-state index in [-0.39, 0.29) is 12.5 Å². The molecule has 3 aromatic rings. The van der Waals surface area contributed by atoms with Crippen molar-refractivity contribution in [3.8, 4) is 5.75 Å². The molecule has 1 amide bonds. The van der Waals surface area contributed by atoms with E-state index in [0.717, 1.165) is 29.0 Å². The topological polar surface area (TPSA) is 56.2 Å². The van der Waals surface area contributed by atoms with Crippen molar-refractivity contribution >= 4 is 16.9 Å². The molecule has 1 heterocycles. The lowest BCUT2D eigenvalue weighted by atomic mass is 9.97. The Bertz CT molecular complexity index is 992. The molecule has 2 aromatic carbocycles. The van der Waals surface area contributed by atoms with E-state index in [2.05, 4.69) is 16.4 Å². The number of hydrogen-bond acceptors (Lipinski definition) is 3. The van der Waals surface area contributed by atoms with Gasteiger partial charge < -0.3 is 14.6 Å². The van der Waals surface area contributed by atoms with Gasteiger partial charge in [0.25, 0.3) is 0 Å². The van der Waals surface area contributed by atoms with Crippen LogP contribution < -0.4 is 10.1 Å². The summed E-state index contributed by atoms with van der Waals surface area (Å²) in [5.74, 6) is 1.54. The van der Waals surface area contributed by atoms with Crippen LogP contribution in [0.2, 0.25) is 0 Å². The van der Waals surface area contributed by atoms with Gasteiger partial charge in [0.2, 0.25) is 5.91 Å². The van der Waals surface area contributed by atoms with Crippen LogP contribution in [0.4, 0.5) is 0 Å². The molecule has 0 spiro atoms. The number of carbonyl (C=O) groups excluding carboxylic acids is 1. The molecule has 0 saturated carbocycles. The van der Waals surface area contributed by atoms with E-state index >= 15 is 0 Å². The van der Waals surface area contributed by atoms with Gasteiger partial charge in [-0.25, -0.2) is 4.98 Å². The summed E-state index contributed by atoms with van der Waals surface area (Å²) in [6.45, 7) is 1.25. The number of carbonyl (C=O) groups is 1. The van der Waals surface area contributed by atoms with Gasteiger partial charge >= 0.3 is 0 Å². The standard InChI is InChI=1S/C24H27N3O2/c28-24(25-16-15-19-9-3-1-4-10-19)17-27-22-14-8-7-13-21(22)26-23(27)18-29-20-11-5-2-6-12-20/h2,5-9,11-14H,1,3-4,10,15-18H2,(H,25,28). The zero-order valence-corrected chi connectivity index (χ0v) is 16.6. The highest BCUT2D eigenvalue weighted by Gasteiger charge is 2.14. The van der Waals surface area contributed by atoms with Crippen LogP contribution in [-0.2, 0) is 17.9 Å². The Kier molecular flexibility index (Phi) is 6.25. The van der Waals surface area contributed by atoms with Gasteiger partial charge in [0.15, 0.2) is 0 Å². The van der Waals surface area contributed by atoms with Gasteiger partial charge in [-0.15, -0.1) is 0 Å². The average molecular weight is 389 g/mol. The largest absolute Gasteiger partial charge is 0.486 e. The van der Waals surface area contributed by atoms with Crippen molar-refractivity contribution in [1.82, 2.24) is 14.9 Å². The van der Waals surface area contributed by atoms with Gasteiger partial charge in [-0.2, -0.15) is 0 Å². The van der Waals surface area contributed by atoms with Crippen LogP contribution in [0.5, 0.6) is 5.75 Å². The zero-order valence-electron chi connectivity index (χ0n) is 16.6. The average Bonchev–Trinajstić information content (AvgIpc) is 3.11. The van der Waals surface area contributed by atoms with Crippen LogP contribution in [0.25, 0.3) is 11.0 Å². The van der Waals surface area contributed by atoms with Gasteiger partial charge in [0, 0.05) is 6.54 Å². The fourth-order valence-corrected chi connectivity index (χ4v) is 3.77. The summed E-state index contributed by atoms with van der Waals surface area (Å²) in [5, 5.41) is 3.06. The summed E-state index contributed by atoms with van der Waals surface area (Å²) in [4.78, 5) is 17.3. The Labute approximate surface area is 171 Å². The number of rotatable bonds is 8. The molecule has 0 bridgehead atoms.